The lowest BCUT2D eigenvalue weighted by atomic mass is 10.0. The molecule has 2 rings (SSSR count). The summed E-state index contributed by atoms with van der Waals surface area (Å²) < 4.78 is 0. The van der Waals surface area contributed by atoms with Crippen LogP contribution in [0.1, 0.15) is 23.5 Å². The van der Waals surface area contributed by atoms with Gasteiger partial charge in [0, 0.05) is 12.4 Å². The van der Waals surface area contributed by atoms with E-state index in [0.29, 0.717) is 15.7 Å². The second-order valence-corrected chi connectivity index (χ2v) is 5.67. The van der Waals surface area contributed by atoms with Crippen LogP contribution >= 0.6 is 11.3 Å². The summed E-state index contributed by atoms with van der Waals surface area (Å²) in [5.74, 6) is -1.30. The van der Waals surface area contributed by atoms with Crippen LogP contribution in [-0.4, -0.2) is 38.0 Å². The third-order valence-electron chi connectivity index (χ3n) is 2.71. The Labute approximate surface area is 125 Å². The number of aliphatic carboxylic acids is 1. The summed E-state index contributed by atoms with van der Waals surface area (Å²) in [6, 6.07) is 0.751. The quantitative estimate of drug-likeness (QED) is 0.866. The fourth-order valence-electron chi connectivity index (χ4n) is 1.62. The molecule has 0 saturated heterocycles. The second kappa shape index (κ2) is 6.40. The zero-order chi connectivity index (χ0) is 15.4. The molecule has 7 nitrogen and oxygen atoms in total. The fourth-order valence-corrected chi connectivity index (χ4v) is 2.39. The van der Waals surface area contributed by atoms with Crippen molar-refractivity contribution < 1.29 is 14.7 Å². The number of thiazole rings is 1. The third-order valence-corrected chi connectivity index (χ3v) is 3.70. The number of carboxylic acid groups (broad SMARTS) is 1. The van der Waals surface area contributed by atoms with Crippen molar-refractivity contribution in [2.45, 2.75) is 19.9 Å². The number of rotatable bonds is 5. The van der Waals surface area contributed by atoms with E-state index in [-0.39, 0.29) is 5.92 Å². The molecular formula is C13H14N4O3S. The molecule has 0 aliphatic rings. The number of nitrogens with one attached hydrogen (secondary N) is 1. The molecule has 8 heteroatoms. The van der Waals surface area contributed by atoms with Crippen LogP contribution in [0.15, 0.2) is 24.7 Å². The zero-order valence-electron chi connectivity index (χ0n) is 11.5. The molecule has 2 aromatic rings. The van der Waals surface area contributed by atoms with E-state index in [4.69, 9.17) is 5.11 Å². The van der Waals surface area contributed by atoms with Gasteiger partial charge in [-0.15, -0.1) is 11.3 Å². The van der Waals surface area contributed by atoms with E-state index in [0.717, 1.165) is 11.3 Å². The van der Waals surface area contributed by atoms with Gasteiger partial charge in [-0.05, 0) is 12.0 Å². The molecule has 2 heterocycles. The van der Waals surface area contributed by atoms with Crippen LogP contribution in [0.4, 0.5) is 0 Å². The average molecular weight is 306 g/mol. The van der Waals surface area contributed by atoms with E-state index in [9.17, 15) is 9.59 Å². The SMILES string of the molecule is CC(C)C(NC(=O)c1cnc(-c2ncccn2)s1)C(=O)O. The molecule has 2 aromatic heterocycles. The van der Waals surface area contributed by atoms with Crippen molar-refractivity contribution in [2.24, 2.45) is 5.92 Å². The molecule has 0 saturated carbocycles. The Morgan fingerprint density at radius 1 is 1.24 bits per heavy atom. The number of nitrogens with zero attached hydrogens (tertiary/aromatic N) is 3. The molecule has 0 aliphatic heterocycles. The van der Waals surface area contributed by atoms with Gasteiger partial charge in [0.2, 0.25) is 0 Å². The predicted molar refractivity (Wildman–Crippen MR) is 76.9 cm³/mol. The smallest absolute Gasteiger partial charge is 0.326 e. The average Bonchev–Trinajstić information content (AvgIpc) is 2.94. The van der Waals surface area contributed by atoms with Gasteiger partial charge >= 0.3 is 5.97 Å². The van der Waals surface area contributed by atoms with E-state index >= 15 is 0 Å². The van der Waals surface area contributed by atoms with Crippen LogP contribution in [0.25, 0.3) is 10.8 Å². The minimum atomic E-state index is -1.06. The standard InChI is InChI=1S/C13H14N4O3S/c1-7(2)9(13(19)20)17-11(18)8-6-16-12(21-8)10-14-4-3-5-15-10/h3-7,9H,1-2H3,(H,17,18)(H,19,20). The van der Waals surface area contributed by atoms with Gasteiger partial charge in [0.25, 0.3) is 5.91 Å². The summed E-state index contributed by atoms with van der Waals surface area (Å²) in [6.07, 6.45) is 4.57. The molecule has 0 radical (unpaired) electrons. The molecule has 0 aromatic carbocycles. The monoisotopic (exact) mass is 306 g/mol. The Bertz CT molecular complexity index is 642. The highest BCUT2D eigenvalue weighted by Gasteiger charge is 2.25. The number of amides is 1. The first-order valence-corrected chi connectivity index (χ1v) is 7.07. The lowest BCUT2D eigenvalue weighted by Crippen LogP contribution is -2.44. The summed E-state index contributed by atoms with van der Waals surface area (Å²) in [4.78, 5) is 35.7. The zero-order valence-corrected chi connectivity index (χ0v) is 12.3. The summed E-state index contributed by atoms with van der Waals surface area (Å²) in [5.41, 5.74) is 0. The van der Waals surface area contributed by atoms with Gasteiger partial charge in [-0.25, -0.2) is 19.7 Å². The van der Waals surface area contributed by atoms with Crippen LogP contribution in [0.2, 0.25) is 0 Å². The van der Waals surface area contributed by atoms with Crippen molar-refractivity contribution in [3.8, 4) is 10.8 Å². The maximum atomic E-state index is 12.1. The summed E-state index contributed by atoms with van der Waals surface area (Å²) in [7, 11) is 0. The van der Waals surface area contributed by atoms with Crippen LogP contribution in [0, 0.1) is 5.92 Å². The lowest BCUT2D eigenvalue weighted by Gasteiger charge is -2.16. The minimum Gasteiger partial charge on any atom is -0.480 e. The van der Waals surface area contributed by atoms with Crippen molar-refractivity contribution in [1.82, 2.24) is 20.3 Å². The van der Waals surface area contributed by atoms with Crippen LogP contribution in [0.5, 0.6) is 0 Å². The molecule has 0 aliphatic carbocycles. The Balaban J connectivity index is 2.14. The van der Waals surface area contributed by atoms with Gasteiger partial charge in [0.15, 0.2) is 10.8 Å². The van der Waals surface area contributed by atoms with Gasteiger partial charge in [0.1, 0.15) is 10.9 Å². The normalized spacial score (nSPS) is 12.1. The van der Waals surface area contributed by atoms with E-state index < -0.39 is 17.9 Å². The van der Waals surface area contributed by atoms with Gasteiger partial charge in [0.05, 0.1) is 6.20 Å². The highest BCUT2D eigenvalue weighted by atomic mass is 32.1. The summed E-state index contributed by atoms with van der Waals surface area (Å²) in [5, 5.41) is 12.1. The number of aromatic nitrogens is 3. The van der Waals surface area contributed by atoms with Crippen molar-refractivity contribution in [1.29, 1.82) is 0 Å². The maximum Gasteiger partial charge on any atom is 0.326 e. The Hall–Kier alpha value is -2.35. The molecule has 1 atom stereocenters. The third kappa shape index (κ3) is 3.60. The molecule has 0 fully saturated rings. The highest BCUT2D eigenvalue weighted by molar-refractivity contribution is 7.16. The van der Waals surface area contributed by atoms with Crippen molar-refractivity contribution in [2.75, 3.05) is 0 Å². The second-order valence-electron chi connectivity index (χ2n) is 4.64. The molecule has 1 amide bonds. The van der Waals surface area contributed by atoms with E-state index in [1.165, 1.54) is 6.20 Å². The number of carbonyl (C=O) groups excluding carboxylic acids is 1. The number of carbonyl (C=O) groups is 2. The van der Waals surface area contributed by atoms with Gasteiger partial charge < -0.3 is 10.4 Å². The maximum absolute atomic E-state index is 12.1. The molecular weight excluding hydrogens is 292 g/mol. The largest absolute Gasteiger partial charge is 0.480 e. The minimum absolute atomic E-state index is 0.212. The molecule has 1 unspecified atom stereocenters. The molecule has 2 N–H and O–H groups in total. The van der Waals surface area contributed by atoms with Gasteiger partial charge in [-0.3, -0.25) is 4.79 Å². The molecule has 110 valence electrons. The highest BCUT2D eigenvalue weighted by Crippen LogP contribution is 2.21. The van der Waals surface area contributed by atoms with Crippen molar-refractivity contribution >= 4 is 23.2 Å². The first-order valence-electron chi connectivity index (χ1n) is 6.26. The Kier molecular flexibility index (Phi) is 4.59. The summed E-state index contributed by atoms with van der Waals surface area (Å²) in [6.45, 7) is 3.46. The lowest BCUT2D eigenvalue weighted by molar-refractivity contribution is -0.140. The first kappa shape index (κ1) is 15.0. The van der Waals surface area contributed by atoms with E-state index in [1.54, 1.807) is 32.3 Å². The number of carboxylic acids is 1. The predicted octanol–water partition coefficient (Wildman–Crippen LogP) is 1.44. The van der Waals surface area contributed by atoms with Gasteiger partial charge in [-0.1, -0.05) is 13.8 Å². The van der Waals surface area contributed by atoms with Crippen LogP contribution in [-0.2, 0) is 4.79 Å². The molecule has 0 bridgehead atoms. The van der Waals surface area contributed by atoms with Crippen LogP contribution in [0.3, 0.4) is 0 Å². The summed E-state index contributed by atoms with van der Waals surface area (Å²) >= 11 is 1.12. The van der Waals surface area contributed by atoms with Crippen LogP contribution < -0.4 is 5.32 Å². The Morgan fingerprint density at radius 2 is 1.90 bits per heavy atom. The molecule has 21 heavy (non-hydrogen) atoms. The fraction of sp³-hybridized carbons (Fsp3) is 0.308. The first-order chi connectivity index (χ1) is 9.99. The topological polar surface area (TPSA) is 105 Å². The van der Waals surface area contributed by atoms with Gasteiger partial charge in [-0.2, -0.15) is 0 Å². The van der Waals surface area contributed by atoms with Crippen molar-refractivity contribution in [3.63, 3.8) is 0 Å². The van der Waals surface area contributed by atoms with E-state index in [2.05, 4.69) is 20.3 Å². The number of hydrogen-bond acceptors (Lipinski definition) is 6. The Morgan fingerprint density at radius 3 is 2.48 bits per heavy atom. The van der Waals surface area contributed by atoms with Crippen molar-refractivity contribution in [3.05, 3.63) is 29.5 Å². The number of hydrogen-bond donors (Lipinski definition) is 2. The van der Waals surface area contributed by atoms with E-state index in [1.807, 2.05) is 0 Å². The molecule has 0 spiro atoms.